The molecule has 5 heteroatoms. The monoisotopic (exact) mass is 237 g/mol. The lowest BCUT2D eigenvalue weighted by atomic mass is 9.93. The summed E-state index contributed by atoms with van der Waals surface area (Å²) in [6.07, 6.45) is 5.10. The topological polar surface area (TPSA) is 63.7 Å². The third-order valence-corrected chi connectivity index (χ3v) is 4.08. The summed E-state index contributed by atoms with van der Waals surface area (Å²) in [5, 5.41) is 0. The van der Waals surface area contributed by atoms with Crippen LogP contribution in [0.2, 0.25) is 0 Å². The number of amides is 1. The number of hydrogen-bond acceptors (Lipinski definition) is 4. The predicted molar refractivity (Wildman–Crippen MR) is 57.0 cm³/mol. The summed E-state index contributed by atoms with van der Waals surface area (Å²) in [6, 6.07) is -0.570. The second-order valence-corrected chi connectivity index (χ2v) is 5.05. The van der Waals surface area contributed by atoms with E-state index in [-0.39, 0.29) is 12.6 Å². The number of nitrogens with zero attached hydrogens (tertiary/aromatic N) is 1. The standard InChI is InChI=1S/C12H15NO4/c14-10-8-6-17-12(16)9(8)13(11(10)15)7-4-2-1-3-5-7/h7-9H,1-6H2/t8-,9-/m1/s1. The molecule has 3 fully saturated rings. The van der Waals surface area contributed by atoms with Crippen LogP contribution in [0.25, 0.3) is 0 Å². The van der Waals surface area contributed by atoms with Crippen molar-refractivity contribution in [3.05, 3.63) is 0 Å². The van der Waals surface area contributed by atoms with E-state index in [0.29, 0.717) is 0 Å². The Kier molecular flexibility index (Phi) is 2.42. The molecular formula is C12H15NO4. The van der Waals surface area contributed by atoms with Gasteiger partial charge in [0.05, 0.1) is 5.92 Å². The van der Waals surface area contributed by atoms with Gasteiger partial charge in [-0.05, 0) is 12.8 Å². The molecule has 0 radical (unpaired) electrons. The summed E-state index contributed by atoms with van der Waals surface area (Å²) in [4.78, 5) is 36.8. The minimum Gasteiger partial charge on any atom is -0.463 e. The smallest absolute Gasteiger partial charge is 0.329 e. The Balaban J connectivity index is 1.88. The van der Waals surface area contributed by atoms with Crippen molar-refractivity contribution in [3.63, 3.8) is 0 Å². The Morgan fingerprint density at radius 3 is 2.47 bits per heavy atom. The minimum absolute atomic E-state index is 0.0563. The number of esters is 1. The summed E-state index contributed by atoms with van der Waals surface area (Å²) in [7, 11) is 0. The zero-order chi connectivity index (χ0) is 12.0. The highest BCUT2D eigenvalue weighted by Gasteiger charge is 2.57. The maximum absolute atomic E-state index is 11.9. The van der Waals surface area contributed by atoms with Crippen LogP contribution in [0.3, 0.4) is 0 Å². The van der Waals surface area contributed by atoms with Gasteiger partial charge in [0.1, 0.15) is 12.6 Å². The van der Waals surface area contributed by atoms with Crippen LogP contribution in [0.15, 0.2) is 0 Å². The van der Waals surface area contributed by atoms with E-state index in [9.17, 15) is 14.4 Å². The van der Waals surface area contributed by atoms with Crippen molar-refractivity contribution in [1.29, 1.82) is 0 Å². The first kappa shape index (κ1) is 10.7. The summed E-state index contributed by atoms with van der Waals surface area (Å²) in [5.41, 5.74) is 0. The van der Waals surface area contributed by atoms with Crippen LogP contribution in [0, 0.1) is 5.92 Å². The Morgan fingerprint density at radius 1 is 1.06 bits per heavy atom. The predicted octanol–water partition coefficient (Wildman–Crippen LogP) is 0.272. The number of carbonyl (C=O) groups excluding carboxylic acids is 3. The van der Waals surface area contributed by atoms with Crippen LogP contribution in [0.1, 0.15) is 32.1 Å². The number of ether oxygens (including phenoxy) is 1. The molecule has 0 bridgehead atoms. The third kappa shape index (κ3) is 1.48. The number of cyclic esters (lactones) is 1. The molecule has 1 aliphatic carbocycles. The van der Waals surface area contributed by atoms with E-state index in [2.05, 4.69) is 0 Å². The van der Waals surface area contributed by atoms with Crippen molar-refractivity contribution in [3.8, 4) is 0 Å². The highest BCUT2D eigenvalue weighted by Crippen LogP contribution is 2.35. The van der Waals surface area contributed by atoms with E-state index in [4.69, 9.17) is 4.74 Å². The van der Waals surface area contributed by atoms with Gasteiger partial charge in [-0.15, -0.1) is 0 Å². The van der Waals surface area contributed by atoms with Gasteiger partial charge in [-0.2, -0.15) is 0 Å². The van der Waals surface area contributed by atoms with Crippen LogP contribution in [0.5, 0.6) is 0 Å². The van der Waals surface area contributed by atoms with E-state index in [1.54, 1.807) is 0 Å². The van der Waals surface area contributed by atoms with Gasteiger partial charge >= 0.3 is 5.97 Å². The van der Waals surface area contributed by atoms with Gasteiger partial charge in [-0.25, -0.2) is 4.79 Å². The Bertz CT molecular complexity index is 386. The summed E-state index contributed by atoms with van der Waals surface area (Å²) < 4.78 is 4.91. The molecule has 0 spiro atoms. The molecule has 1 amide bonds. The Morgan fingerprint density at radius 2 is 1.76 bits per heavy atom. The third-order valence-electron chi connectivity index (χ3n) is 4.08. The van der Waals surface area contributed by atoms with Gasteiger partial charge in [-0.3, -0.25) is 9.59 Å². The molecule has 0 N–H and O–H groups in total. The fourth-order valence-corrected chi connectivity index (χ4v) is 3.20. The van der Waals surface area contributed by atoms with E-state index in [1.165, 1.54) is 11.3 Å². The number of fused-ring (bicyclic) bond motifs is 1. The van der Waals surface area contributed by atoms with Gasteiger partial charge in [0.2, 0.25) is 5.78 Å². The van der Waals surface area contributed by atoms with Gasteiger partial charge < -0.3 is 9.64 Å². The number of carbonyl (C=O) groups is 3. The van der Waals surface area contributed by atoms with Crippen LogP contribution in [-0.2, 0) is 19.1 Å². The van der Waals surface area contributed by atoms with Crippen molar-refractivity contribution in [2.45, 2.75) is 44.2 Å². The molecule has 2 aliphatic heterocycles. The molecular weight excluding hydrogens is 222 g/mol. The number of hydrogen-bond donors (Lipinski definition) is 0. The summed E-state index contributed by atoms with van der Waals surface area (Å²) >= 11 is 0. The molecule has 5 nitrogen and oxygen atoms in total. The first-order valence-electron chi connectivity index (χ1n) is 6.23. The molecule has 2 saturated heterocycles. The van der Waals surface area contributed by atoms with Gasteiger partial charge in [-0.1, -0.05) is 19.3 Å². The first-order chi connectivity index (χ1) is 8.20. The fourth-order valence-electron chi connectivity index (χ4n) is 3.20. The molecule has 3 aliphatic rings. The average molecular weight is 237 g/mol. The first-order valence-corrected chi connectivity index (χ1v) is 6.23. The Hall–Kier alpha value is -1.39. The number of ketones is 1. The average Bonchev–Trinajstić information content (AvgIpc) is 2.83. The number of Topliss-reactive ketones (excluding diaryl/α,β-unsaturated/α-hetero) is 1. The maximum atomic E-state index is 11.9. The quantitative estimate of drug-likeness (QED) is 0.485. The van der Waals surface area contributed by atoms with E-state index < -0.39 is 29.6 Å². The molecule has 0 aromatic rings. The van der Waals surface area contributed by atoms with E-state index >= 15 is 0 Å². The summed E-state index contributed by atoms with van der Waals surface area (Å²) in [5.74, 6) is -1.85. The largest absolute Gasteiger partial charge is 0.463 e. The zero-order valence-corrected chi connectivity index (χ0v) is 9.55. The minimum atomic E-state index is -0.627. The van der Waals surface area contributed by atoms with Crippen molar-refractivity contribution in [2.24, 2.45) is 5.92 Å². The molecule has 0 aromatic heterocycles. The molecule has 2 heterocycles. The molecule has 92 valence electrons. The van der Waals surface area contributed by atoms with Gasteiger partial charge in [0.15, 0.2) is 0 Å². The number of likely N-dealkylation sites (tertiary alicyclic amines) is 1. The van der Waals surface area contributed by atoms with Crippen molar-refractivity contribution < 1.29 is 19.1 Å². The van der Waals surface area contributed by atoms with Crippen molar-refractivity contribution in [1.82, 2.24) is 4.90 Å². The molecule has 17 heavy (non-hydrogen) atoms. The van der Waals surface area contributed by atoms with Gasteiger partial charge in [0, 0.05) is 6.04 Å². The zero-order valence-electron chi connectivity index (χ0n) is 9.55. The highest BCUT2D eigenvalue weighted by atomic mass is 16.5. The van der Waals surface area contributed by atoms with Crippen molar-refractivity contribution >= 4 is 17.7 Å². The molecule has 0 unspecified atom stereocenters. The molecule has 1 saturated carbocycles. The maximum Gasteiger partial charge on any atom is 0.329 e. The van der Waals surface area contributed by atoms with Crippen LogP contribution in [-0.4, -0.2) is 41.3 Å². The second-order valence-electron chi connectivity index (χ2n) is 5.05. The van der Waals surface area contributed by atoms with Crippen LogP contribution in [0.4, 0.5) is 0 Å². The van der Waals surface area contributed by atoms with E-state index in [1.807, 2.05) is 0 Å². The Labute approximate surface area is 99.1 Å². The lowest BCUT2D eigenvalue weighted by Crippen LogP contribution is -2.46. The number of rotatable bonds is 1. The second kappa shape index (κ2) is 3.82. The lowest BCUT2D eigenvalue weighted by molar-refractivity contribution is -0.150. The SMILES string of the molecule is O=C1C(=O)N(C2CCCCC2)[C@H]2C(=O)OC[C@@H]12. The molecule has 2 atom stereocenters. The fraction of sp³-hybridized carbons (Fsp3) is 0.750. The van der Waals surface area contributed by atoms with Gasteiger partial charge in [0.25, 0.3) is 5.91 Å². The lowest BCUT2D eigenvalue weighted by Gasteiger charge is -2.33. The molecule has 3 rings (SSSR count). The van der Waals surface area contributed by atoms with E-state index in [0.717, 1.165) is 25.7 Å². The highest BCUT2D eigenvalue weighted by molar-refractivity contribution is 6.40. The summed E-state index contributed by atoms with van der Waals surface area (Å²) in [6.45, 7) is 0.0806. The molecule has 0 aromatic carbocycles. The van der Waals surface area contributed by atoms with Crippen LogP contribution < -0.4 is 0 Å². The normalized spacial score (nSPS) is 34.1. The van der Waals surface area contributed by atoms with Crippen LogP contribution >= 0.6 is 0 Å². The van der Waals surface area contributed by atoms with Crippen molar-refractivity contribution in [2.75, 3.05) is 6.61 Å².